The fourth-order valence-electron chi connectivity index (χ4n) is 4.40. The third kappa shape index (κ3) is 4.71. The van der Waals surface area contributed by atoms with Gasteiger partial charge in [0.25, 0.3) is 5.91 Å². The number of halogens is 1. The Morgan fingerprint density at radius 1 is 1.11 bits per heavy atom. The van der Waals surface area contributed by atoms with Crippen LogP contribution in [0.1, 0.15) is 26.3 Å². The monoisotopic (exact) mass is 493 g/mol. The third-order valence-electron chi connectivity index (χ3n) is 6.26. The second kappa shape index (κ2) is 10.1. The van der Waals surface area contributed by atoms with Gasteiger partial charge in [0.2, 0.25) is 0 Å². The van der Waals surface area contributed by atoms with Crippen LogP contribution in [0.2, 0.25) is 0 Å². The highest BCUT2D eigenvalue weighted by molar-refractivity contribution is 6.05. The lowest BCUT2D eigenvalue weighted by molar-refractivity contribution is -0.0209. The zero-order chi connectivity index (χ0) is 25.2. The lowest BCUT2D eigenvalue weighted by Crippen LogP contribution is -2.34. The van der Waals surface area contributed by atoms with Crippen molar-refractivity contribution in [3.05, 3.63) is 83.4 Å². The summed E-state index contributed by atoms with van der Waals surface area (Å²) in [7, 11) is 0. The molecule has 2 aliphatic rings. The fourth-order valence-corrected chi connectivity index (χ4v) is 4.40. The number of hydrogen-bond donors (Lipinski definition) is 3. The number of aromatic nitrogens is 1. The molecule has 2 aliphatic heterocycles. The van der Waals surface area contributed by atoms with Crippen LogP contribution >= 0.6 is 0 Å². The molecule has 10 heteroatoms. The average molecular weight is 493 g/mol. The number of carbonyl (C=O) groups is 2. The van der Waals surface area contributed by atoms with Crippen molar-refractivity contribution in [2.24, 2.45) is 5.73 Å². The largest absolute Gasteiger partial charge is 0.453 e. The molecule has 2 aromatic carbocycles. The molecule has 0 bridgehead atoms. The molecule has 36 heavy (non-hydrogen) atoms. The highest BCUT2D eigenvalue weighted by Gasteiger charge is 2.49. The molecule has 4 N–H and O–H groups in total. The Bertz CT molecular complexity index is 1300. The van der Waals surface area contributed by atoms with Gasteiger partial charge < -0.3 is 30.4 Å². The predicted octanol–water partition coefficient (Wildman–Crippen LogP) is 2.28. The van der Waals surface area contributed by atoms with E-state index in [0.29, 0.717) is 16.7 Å². The first kappa shape index (κ1) is 24.0. The quantitative estimate of drug-likeness (QED) is 0.446. The van der Waals surface area contributed by atoms with E-state index in [1.807, 2.05) is 0 Å². The number of aliphatic hydroxyl groups excluding tert-OH is 1. The molecule has 2 unspecified atom stereocenters. The smallest absolute Gasteiger partial charge is 0.338 e. The van der Waals surface area contributed by atoms with Crippen molar-refractivity contribution < 1.29 is 33.3 Å². The Kier molecular flexibility index (Phi) is 6.75. The molecule has 0 radical (unpaired) electrons. The molecule has 0 saturated carbocycles. The lowest BCUT2D eigenvalue weighted by Gasteiger charge is -2.17. The summed E-state index contributed by atoms with van der Waals surface area (Å²) < 4.78 is 30.6. The van der Waals surface area contributed by atoms with E-state index in [-0.39, 0.29) is 31.0 Å². The van der Waals surface area contributed by atoms with E-state index in [1.165, 1.54) is 12.3 Å². The minimum atomic E-state index is -0.740. The number of aliphatic hydroxyl groups is 1. The van der Waals surface area contributed by atoms with E-state index in [0.717, 1.165) is 11.8 Å². The van der Waals surface area contributed by atoms with E-state index in [2.05, 4.69) is 10.3 Å². The first-order valence-corrected chi connectivity index (χ1v) is 11.4. The minimum Gasteiger partial charge on any atom is -0.453 e. The van der Waals surface area contributed by atoms with E-state index in [4.69, 9.17) is 19.9 Å². The maximum atomic E-state index is 13.9. The number of esters is 1. The number of hydrogen-bond acceptors (Lipinski definition) is 8. The highest BCUT2D eigenvalue weighted by atomic mass is 19.1. The first-order valence-electron chi connectivity index (χ1n) is 11.4. The molecule has 1 amide bonds. The topological polar surface area (TPSA) is 133 Å². The summed E-state index contributed by atoms with van der Waals surface area (Å²) in [4.78, 5) is 29.4. The molecular formula is C26H24FN3O6. The molecule has 9 nitrogen and oxygen atoms in total. The Balaban J connectivity index is 1.37. The van der Waals surface area contributed by atoms with Gasteiger partial charge in [-0.2, -0.15) is 0 Å². The van der Waals surface area contributed by atoms with E-state index in [1.54, 1.807) is 42.5 Å². The van der Waals surface area contributed by atoms with Crippen LogP contribution in [0.4, 0.5) is 10.1 Å². The molecule has 5 rings (SSSR count). The summed E-state index contributed by atoms with van der Waals surface area (Å²) in [5.41, 5.74) is 8.60. The van der Waals surface area contributed by atoms with Crippen molar-refractivity contribution >= 4 is 17.6 Å². The number of nitrogens with zero attached hydrogens (tertiary/aromatic N) is 1. The summed E-state index contributed by atoms with van der Waals surface area (Å²) in [5, 5.41) is 12.4. The number of anilines is 1. The lowest BCUT2D eigenvalue weighted by atomic mass is 9.95. The third-order valence-corrected chi connectivity index (χ3v) is 6.26. The minimum absolute atomic E-state index is 0.0149. The van der Waals surface area contributed by atoms with Crippen LogP contribution in [0.15, 0.2) is 60.9 Å². The van der Waals surface area contributed by atoms with E-state index in [9.17, 15) is 19.1 Å². The molecule has 2 fully saturated rings. The first-order chi connectivity index (χ1) is 17.4. The standard InChI is InChI=1S/C26H24FN3O6/c27-19-11-29-7-6-20(19)30-25(32)15-4-5-17(10-28)18(9-15)14-2-1-3-16(8-14)26(33)36-22-13-35-23-21(31)12-34-24(22)23/h1-9,11,21-24,31H,10,12-13,28H2,(H,29,30,32)/t21-,22-,23?,24?/m1/s1. The molecule has 2 saturated heterocycles. The zero-order valence-electron chi connectivity index (χ0n) is 19.1. The van der Waals surface area contributed by atoms with E-state index >= 15 is 0 Å². The maximum absolute atomic E-state index is 13.9. The second-order valence-electron chi connectivity index (χ2n) is 8.57. The van der Waals surface area contributed by atoms with Gasteiger partial charge >= 0.3 is 5.97 Å². The molecule has 0 aliphatic carbocycles. The molecule has 186 valence electrons. The van der Waals surface area contributed by atoms with Gasteiger partial charge in [0.1, 0.15) is 18.3 Å². The van der Waals surface area contributed by atoms with Crippen LogP contribution in [0.3, 0.4) is 0 Å². The number of carbonyl (C=O) groups excluding carboxylic acids is 2. The van der Waals surface area contributed by atoms with Crippen molar-refractivity contribution in [1.29, 1.82) is 0 Å². The molecule has 1 aromatic heterocycles. The SMILES string of the molecule is NCc1ccc(C(=O)Nc2ccncc2F)cc1-c1cccc(C(=O)O[C@@H]2COC3C2OC[C@H]3O)c1. The number of rotatable bonds is 6. The Morgan fingerprint density at radius 2 is 1.94 bits per heavy atom. The van der Waals surface area contributed by atoms with Crippen molar-refractivity contribution in [2.45, 2.75) is 31.0 Å². The predicted molar refractivity (Wildman–Crippen MR) is 127 cm³/mol. The van der Waals surface area contributed by atoms with Crippen molar-refractivity contribution in [3.8, 4) is 11.1 Å². The van der Waals surface area contributed by atoms with Crippen LogP contribution in [0.25, 0.3) is 11.1 Å². The van der Waals surface area contributed by atoms with Gasteiger partial charge in [-0.05, 0) is 47.0 Å². The normalized spacial score (nSPS) is 22.8. The maximum Gasteiger partial charge on any atom is 0.338 e. The number of ether oxygens (including phenoxy) is 3. The van der Waals surface area contributed by atoms with Gasteiger partial charge in [0.05, 0.1) is 30.7 Å². The van der Waals surface area contributed by atoms with Gasteiger partial charge in [0, 0.05) is 18.3 Å². The van der Waals surface area contributed by atoms with Crippen LogP contribution in [-0.4, -0.2) is 59.6 Å². The number of nitrogens with two attached hydrogens (primary N) is 1. The zero-order valence-corrected chi connectivity index (χ0v) is 19.1. The Hall–Kier alpha value is -3.70. The average Bonchev–Trinajstić information content (AvgIpc) is 3.47. The Morgan fingerprint density at radius 3 is 2.75 bits per heavy atom. The van der Waals surface area contributed by atoms with Gasteiger partial charge in [-0.25, -0.2) is 9.18 Å². The summed E-state index contributed by atoms with van der Waals surface area (Å²) in [6, 6.07) is 13.1. The van der Waals surface area contributed by atoms with Gasteiger partial charge in [-0.15, -0.1) is 0 Å². The summed E-state index contributed by atoms with van der Waals surface area (Å²) >= 11 is 0. The molecule has 3 aromatic rings. The molecule has 3 heterocycles. The molecular weight excluding hydrogens is 469 g/mol. The summed E-state index contributed by atoms with van der Waals surface area (Å²) in [6.45, 7) is 0.482. The highest BCUT2D eigenvalue weighted by Crippen LogP contribution is 2.30. The van der Waals surface area contributed by atoms with E-state index < -0.39 is 42.1 Å². The number of fused-ring (bicyclic) bond motifs is 1. The van der Waals surface area contributed by atoms with Crippen LogP contribution in [0.5, 0.6) is 0 Å². The summed E-state index contributed by atoms with van der Waals surface area (Å²) in [5.74, 6) is -1.71. The van der Waals surface area contributed by atoms with Crippen LogP contribution in [0, 0.1) is 5.82 Å². The van der Waals surface area contributed by atoms with Crippen molar-refractivity contribution in [1.82, 2.24) is 4.98 Å². The number of pyridine rings is 1. The van der Waals surface area contributed by atoms with Crippen LogP contribution < -0.4 is 11.1 Å². The van der Waals surface area contributed by atoms with Gasteiger partial charge in [0.15, 0.2) is 11.9 Å². The number of nitrogens with one attached hydrogen (secondary N) is 1. The van der Waals surface area contributed by atoms with Gasteiger partial charge in [-0.1, -0.05) is 18.2 Å². The molecule has 0 spiro atoms. The Labute approximate surface area is 206 Å². The second-order valence-corrected chi connectivity index (χ2v) is 8.57. The number of amides is 1. The van der Waals surface area contributed by atoms with Crippen molar-refractivity contribution in [2.75, 3.05) is 18.5 Å². The molecule has 4 atom stereocenters. The summed E-state index contributed by atoms with van der Waals surface area (Å²) in [6.07, 6.45) is 0.0272. The van der Waals surface area contributed by atoms with Gasteiger partial charge in [-0.3, -0.25) is 9.78 Å². The fraction of sp³-hybridized carbons (Fsp3) is 0.269. The number of benzene rings is 2. The van der Waals surface area contributed by atoms with Crippen LogP contribution in [-0.2, 0) is 20.8 Å². The van der Waals surface area contributed by atoms with Crippen molar-refractivity contribution in [3.63, 3.8) is 0 Å².